The number of benzene rings is 1. The highest BCUT2D eigenvalue weighted by atomic mass is 35.5. The summed E-state index contributed by atoms with van der Waals surface area (Å²) in [5.41, 5.74) is 0.880. The van der Waals surface area contributed by atoms with Gasteiger partial charge in [-0.25, -0.2) is 9.79 Å². The summed E-state index contributed by atoms with van der Waals surface area (Å²) >= 11 is 11.7. The number of nitrogens with zero attached hydrogens (tertiary/aromatic N) is 1. The molecule has 1 aromatic heterocycles. The second-order valence-electron chi connectivity index (χ2n) is 3.99. The van der Waals surface area contributed by atoms with Crippen LogP contribution in [0.25, 0.3) is 6.08 Å². The number of rotatable bonds is 2. The Labute approximate surface area is 124 Å². The van der Waals surface area contributed by atoms with Crippen LogP contribution in [-0.4, -0.2) is 11.9 Å². The fraction of sp³-hybridized carbons (Fsp3) is 0. The Morgan fingerprint density at radius 1 is 1.15 bits per heavy atom. The smallest absolute Gasteiger partial charge is 0.363 e. The monoisotopic (exact) mass is 307 g/mol. The number of hydrogen-bond acceptors (Lipinski definition) is 4. The van der Waals surface area contributed by atoms with Crippen LogP contribution in [0.3, 0.4) is 0 Å². The molecular weight excluding hydrogens is 301 g/mol. The van der Waals surface area contributed by atoms with Crippen molar-refractivity contribution in [3.63, 3.8) is 0 Å². The highest BCUT2D eigenvalue weighted by Crippen LogP contribution is 2.25. The van der Waals surface area contributed by atoms with Crippen molar-refractivity contribution in [2.75, 3.05) is 0 Å². The number of carbonyl (C=O) groups excluding carboxylic acids is 1. The van der Waals surface area contributed by atoms with Crippen molar-refractivity contribution < 1.29 is 13.9 Å². The van der Waals surface area contributed by atoms with Crippen LogP contribution in [-0.2, 0) is 9.53 Å². The van der Waals surface area contributed by atoms with Crippen molar-refractivity contribution in [3.05, 3.63) is 63.7 Å². The highest BCUT2D eigenvalue weighted by Gasteiger charge is 2.25. The topological polar surface area (TPSA) is 51.8 Å². The predicted octanol–water partition coefficient (Wildman–Crippen LogP) is 3.93. The van der Waals surface area contributed by atoms with Gasteiger partial charge in [0, 0.05) is 0 Å². The quantitative estimate of drug-likeness (QED) is 0.624. The van der Waals surface area contributed by atoms with E-state index in [0.717, 1.165) is 0 Å². The number of hydrogen-bond donors (Lipinski definition) is 0. The van der Waals surface area contributed by atoms with Crippen LogP contribution in [0.5, 0.6) is 0 Å². The van der Waals surface area contributed by atoms with Gasteiger partial charge in [-0.2, -0.15) is 0 Å². The Morgan fingerprint density at radius 3 is 2.70 bits per heavy atom. The van der Waals surface area contributed by atoms with Crippen molar-refractivity contribution in [2.24, 2.45) is 4.99 Å². The second kappa shape index (κ2) is 5.15. The van der Waals surface area contributed by atoms with E-state index in [-0.39, 0.29) is 11.6 Å². The van der Waals surface area contributed by atoms with Gasteiger partial charge < -0.3 is 9.15 Å². The van der Waals surface area contributed by atoms with Crippen LogP contribution in [0, 0.1) is 0 Å². The van der Waals surface area contributed by atoms with E-state index < -0.39 is 5.97 Å². The van der Waals surface area contributed by atoms with Crippen LogP contribution in [0.2, 0.25) is 10.0 Å². The maximum Gasteiger partial charge on any atom is 0.363 e. The second-order valence-corrected chi connectivity index (χ2v) is 4.80. The lowest BCUT2D eigenvalue weighted by Gasteiger charge is -1.97. The molecule has 0 amide bonds. The lowest BCUT2D eigenvalue weighted by molar-refractivity contribution is -0.130. The van der Waals surface area contributed by atoms with Crippen molar-refractivity contribution in [1.82, 2.24) is 0 Å². The van der Waals surface area contributed by atoms with Crippen molar-refractivity contribution in [3.8, 4) is 0 Å². The normalized spacial score (nSPS) is 16.4. The molecule has 3 rings (SSSR count). The fourth-order valence-corrected chi connectivity index (χ4v) is 1.98. The molecule has 0 spiro atoms. The molecule has 0 aliphatic carbocycles. The average Bonchev–Trinajstić information content (AvgIpc) is 3.04. The number of cyclic esters (lactones) is 1. The minimum Gasteiger partial charge on any atom is -0.459 e. The van der Waals surface area contributed by atoms with Crippen LogP contribution < -0.4 is 0 Å². The van der Waals surface area contributed by atoms with Gasteiger partial charge in [-0.05, 0) is 35.9 Å². The van der Waals surface area contributed by atoms with E-state index in [2.05, 4.69) is 4.99 Å². The molecule has 0 saturated heterocycles. The molecule has 100 valence electrons. The Kier molecular flexibility index (Phi) is 3.34. The first kappa shape index (κ1) is 13.0. The molecule has 0 fully saturated rings. The number of halogens is 2. The van der Waals surface area contributed by atoms with Gasteiger partial charge in [0.05, 0.1) is 16.3 Å². The SMILES string of the molecule is O=C1OC(c2ccco2)=N/C1=C\c1ccc(Cl)c(Cl)c1. The summed E-state index contributed by atoms with van der Waals surface area (Å²) in [7, 11) is 0. The maximum atomic E-state index is 11.7. The van der Waals surface area contributed by atoms with Gasteiger partial charge in [0.2, 0.25) is 0 Å². The summed E-state index contributed by atoms with van der Waals surface area (Å²) < 4.78 is 10.2. The summed E-state index contributed by atoms with van der Waals surface area (Å²) in [6, 6.07) is 8.37. The Morgan fingerprint density at radius 2 is 2.00 bits per heavy atom. The van der Waals surface area contributed by atoms with E-state index in [1.807, 2.05) is 0 Å². The highest BCUT2D eigenvalue weighted by molar-refractivity contribution is 6.42. The lowest BCUT2D eigenvalue weighted by atomic mass is 10.2. The van der Waals surface area contributed by atoms with Crippen molar-refractivity contribution >= 4 is 41.1 Å². The van der Waals surface area contributed by atoms with Gasteiger partial charge in [-0.15, -0.1) is 0 Å². The molecule has 6 heteroatoms. The summed E-state index contributed by atoms with van der Waals surface area (Å²) in [6.45, 7) is 0. The molecule has 2 heterocycles. The number of esters is 1. The Hall–Kier alpha value is -2.04. The zero-order valence-electron chi connectivity index (χ0n) is 9.97. The summed E-state index contributed by atoms with van der Waals surface area (Å²) in [4.78, 5) is 15.8. The largest absolute Gasteiger partial charge is 0.459 e. The van der Waals surface area contributed by atoms with E-state index in [0.29, 0.717) is 21.4 Å². The van der Waals surface area contributed by atoms with Gasteiger partial charge in [-0.1, -0.05) is 29.3 Å². The molecule has 1 aliphatic rings. The molecule has 20 heavy (non-hydrogen) atoms. The summed E-state index contributed by atoms with van der Waals surface area (Å²) in [5.74, 6) is 0.00433. The van der Waals surface area contributed by atoms with Crippen LogP contribution in [0.1, 0.15) is 11.3 Å². The van der Waals surface area contributed by atoms with E-state index in [9.17, 15) is 4.79 Å². The van der Waals surface area contributed by atoms with Gasteiger partial charge in [0.25, 0.3) is 5.90 Å². The molecule has 1 aliphatic heterocycles. The maximum absolute atomic E-state index is 11.7. The van der Waals surface area contributed by atoms with Crippen LogP contribution in [0.15, 0.2) is 51.7 Å². The third kappa shape index (κ3) is 2.48. The number of aliphatic imine (C=N–C) groups is 1. The first-order chi connectivity index (χ1) is 9.63. The van der Waals surface area contributed by atoms with Gasteiger partial charge in [0.15, 0.2) is 11.5 Å². The van der Waals surface area contributed by atoms with E-state index in [1.165, 1.54) is 6.26 Å². The minimum atomic E-state index is -0.539. The van der Waals surface area contributed by atoms with Crippen LogP contribution in [0.4, 0.5) is 0 Å². The third-order valence-electron chi connectivity index (χ3n) is 2.60. The summed E-state index contributed by atoms with van der Waals surface area (Å²) in [6.07, 6.45) is 3.05. The number of ether oxygens (including phenoxy) is 1. The zero-order valence-corrected chi connectivity index (χ0v) is 11.5. The molecule has 0 radical (unpaired) electrons. The van der Waals surface area contributed by atoms with Gasteiger partial charge in [0.1, 0.15) is 0 Å². The number of furan rings is 1. The van der Waals surface area contributed by atoms with Crippen molar-refractivity contribution in [1.29, 1.82) is 0 Å². The molecule has 0 N–H and O–H groups in total. The first-order valence-electron chi connectivity index (χ1n) is 5.65. The van der Waals surface area contributed by atoms with E-state index in [4.69, 9.17) is 32.4 Å². The Balaban J connectivity index is 1.95. The molecule has 2 aromatic rings. The van der Waals surface area contributed by atoms with Crippen molar-refractivity contribution in [2.45, 2.75) is 0 Å². The van der Waals surface area contributed by atoms with Gasteiger partial charge >= 0.3 is 5.97 Å². The number of carbonyl (C=O) groups is 1. The third-order valence-corrected chi connectivity index (χ3v) is 3.34. The molecule has 1 aromatic carbocycles. The standard InChI is InChI=1S/C14H7Cl2NO3/c15-9-4-3-8(6-10(9)16)7-11-14(18)20-13(17-11)12-2-1-5-19-12/h1-7H/b11-7-. The molecular formula is C14H7Cl2NO3. The van der Waals surface area contributed by atoms with Crippen LogP contribution >= 0.6 is 23.2 Å². The van der Waals surface area contributed by atoms with E-state index >= 15 is 0 Å². The molecule has 4 nitrogen and oxygen atoms in total. The predicted molar refractivity (Wildman–Crippen MR) is 75.8 cm³/mol. The Bertz CT molecular complexity index is 733. The minimum absolute atomic E-state index is 0.145. The molecule has 0 saturated carbocycles. The zero-order chi connectivity index (χ0) is 14.1. The summed E-state index contributed by atoms with van der Waals surface area (Å²) in [5, 5.41) is 0.852. The van der Waals surface area contributed by atoms with E-state index in [1.54, 1.807) is 36.4 Å². The fourth-order valence-electron chi connectivity index (χ4n) is 1.67. The molecule has 0 unspecified atom stereocenters. The lowest BCUT2D eigenvalue weighted by Crippen LogP contribution is -2.04. The molecule has 0 bridgehead atoms. The first-order valence-corrected chi connectivity index (χ1v) is 6.40. The average molecular weight is 308 g/mol. The van der Waals surface area contributed by atoms with Gasteiger partial charge in [-0.3, -0.25) is 0 Å². The molecule has 0 atom stereocenters.